The highest BCUT2D eigenvalue weighted by atomic mass is 15.6. The van der Waals surface area contributed by atoms with E-state index < -0.39 is 0 Å². The van der Waals surface area contributed by atoms with Crippen LogP contribution in [-0.4, -0.2) is 20.2 Å². The molecule has 1 atom stereocenters. The number of fused-ring (bicyclic) bond motifs is 1. The van der Waals surface area contributed by atoms with Crippen LogP contribution >= 0.6 is 0 Å². The Morgan fingerprint density at radius 2 is 1.88 bits per heavy atom. The Morgan fingerprint density at radius 1 is 1.08 bits per heavy atom. The number of tetrazole rings is 1. The number of benzene rings is 2. The summed E-state index contributed by atoms with van der Waals surface area (Å²) in [7, 11) is 0. The molecule has 1 unspecified atom stereocenters. The van der Waals surface area contributed by atoms with Gasteiger partial charge in [0.25, 0.3) is 0 Å². The third kappa shape index (κ3) is 3.01. The van der Waals surface area contributed by atoms with Crippen molar-refractivity contribution >= 4 is 11.8 Å². The van der Waals surface area contributed by atoms with Gasteiger partial charge in [0.15, 0.2) is 0 Å². The van der Waals surface area contributed by atoms with Gasteiger partial charge in [0.05, 0.1) is 11.6 Å². The van der Waals surface area contributed by atoms with Crippen molar-refractivity contribution in [2.24, 2.45) is 0 Å². The van der Waals surface area contributed by atoms with Crippen LogP contribution in [0.5, 0.6) is 0 Å². The number of aryl methyl sites for hydroxylation is 1. The van der Waals surface area contributed by atoms with Crippen LogP contribution in [0.1, 0.15) is 43.5 Å². The number of nitrogens with one attached hydrogen (secondary N) is 1. The summed E-state index contributed by atoms with van der Waals surface area (Å²) in [5, 5.41) is 16.8. The van der Waals surface area contributed by atoms with Gasteiger partial charge in [-0.25, -0.2) is 0 Å². The number of aromatic nitrogens is 4. The first-order valence-corrected chi connectivity index (χ1v) is 8.87. The summed E-state index contributed by atoms with van der Waals surface area (Å²) in [5.74, 6) is 0.653. The van der Waals surface area contributed by atoms with E-state index in [1.807, 2.05) is 12.1 Å². The minimum atomic E-state index is -0.194. The SMILES string of the molecule is Cc1ccc2c(c1)C=CC(c1ccccc1-c1nnn(C(C)(C)C)n1)N2. The van der Waals surface area contributed by atoms with E-state index in [4.69, 9.17) is 0 Å². The maximum Gasteiger partial charge on any atom is 0.205 e. The molecule has 132 valence electrons. The van der Waals surface area contributed by atoms with Gasteiger partial charge in [0, 0.05) is 11.3 Å². The van der Waals surface area contributed by atoms with Gasteiger partial charge >= 0.3 is 0 Å². The molecule has 0 aliphatic carbocycles. The molecule has 4 rings (SSSR count). The molecule has 2 heterocycles. The molecule has 0 saturated heterocycles. The van der Waals surface area contributed by atoms with Crippen molar-refractivity contribution in [3.05, 3.63) is 65.2 Å². The maximum absolute atomic E-state index is 4.61. The quantitative estimate of drug-likeness (QED) is 0.738. The molecule has 3 aromatic rings. The van der Waals surface area contributed by atoms with Gasteiger partial charge in [-0.2, -0.15) is 4.80 Å². The zero-order valence-electron chi connectivity index (χ0n) is 15.6. The number of anilines is 1. The Labute approximate surface area is 153 Å². The molecule has 1 aliphatic rings. The van der Waals surface area contributed by atoms with Crippen molar-refractivity contribution in [1.82, 2.24) is 20.2 Å². The van der Waals surface area contributed by atoms with E-state index in [-0.39, 0.29) is 11.6 Å². The van der Waals surface area contributed by atoms with E-state index in [9.17, 15) is 0 Å². The first kappa shape index (κ1) is 16.5. The normalized spacial score (nSPS) is 16.2. The summed E-state index contributed by atoms with van der Waals surface area (Å²) in [4.78, 5) is 1.67. The van der Waals surface area contributed by atoms with Gasteiger partial charge in [-0.3, -0.25) is 0 Å². The van der Waals surface area contributed by atoms with Crippen LogP contribution in [0.2, 0.25) is 0 Å². The fraction of sp³-hybridized carbons (Fsp3) is 0.286. The summed E-state index contributed by atoms with van der Waals surface area (Å²) < 4.78 is 0. The van der Waals surface area contributed by atoms with Crippen LogP contribution in [0.15, 0.2) is 48.5 Å². The molecule has 1 N–H and O–H groups in total. The van der Waals surface area contributed by atoms with Gasteiger partial charge in [0.2, 0.25) is 5.82 Å². The largest absolute Gasteiger partial charge is 0.374 e. The van der Waals surface area contributed by atoms with Gasteiger partial charge in [-0.05, 0) is 56.2 Å². The highest BCUT2D eigenvalue weighted by Crippen LogP contribution is 2.34. The second-order valence-electron chi connectivity index (χ2n) is 7.73. The zero-order chi connectivity index (χ0) is 18.3. The number of hydrogen-bond acceptors (Lipinski definition) is 4. The van der Waals surface area contributed by atoms with Crippen LogP contribution in [0.3, 0.4) is 0 Å². The van der Waals surface area contributed by atoms with E-state index >= 15 is 0 Å². The molecule has 0 bridgehead atoms. The molecule has 0 amide bonds. The molecule has 0 saturated carbocycles. The molecular formula is C21H23N5. The average Bonchev–Trinajstić information content (AvgIpc) is 3.12. The highest BCUT2D eigenvalue weighted by Gasteiger charge is 2.22. The van der Waals surface area contributed by atoms with Crippen LogP contribution in [0.4, 0.5) is 5.69 Å². The molecule has 0 radical (unpaired) electrons. The topological polar surface area (TPSA) is 55.6 Å². The van der Waals surface area contributed by atoms with E-state index in [0.717, 1.165) is 16.8 Å². The van der Waals surface area contributed by atoms with Crippen molar-refractivity contribution in [3.8, 4) is 11.4 Å². The number of rotatable bonds is 2. The minimum absolute atomic E-state index is 0.0722. The minimum Gasteiger partial charge on any atom is -0.374 e. The summed E-state index contributed by atoms with van der Waals surface area (Å²) >= 11 is 0. The van der Waals surface area contributed by atoms with Crippen molar-refractivity contribution in [2.45, 2.75) is 39.3 Å². The number of hydrogen-bond donors (Lipinski definition) is 1. The molecular weight excluding hydrogens is 322 g/mol. The molecule has 2 aromatic carbocycles. The van der Waals surface area contributed by atoms with E-state index in [1.54, 1.807) is 4.80 Å². The van der Waals surface area contributed by atoms with Crippen LogP contribution < -0.4 is 5.32 Å². The summed E-state index contributed by atoms with van der Waals surface area (Å²) in [5.41, 5.74) is 5.57. The van der Waals surface area contributed by atoms with E-state index in [2.05, 4.69) is 90.9 Å². The smallest absolute Gasteiger partial charge is 0.205 e. The molecule has 26 heavy (non-hydrogen) atoms. The molecule has 5 nitrogen and oxygen atoms in total. The van der Waals surface area contributed by atoms with Crippen LogP contribution in [-0.2, 0) is 5.54 Å². The molecule has 1 aliphatic heterocycles. The van der Waals surface area contributed by atoms with Crippen LogP contribution in [0, 0.1) is 6.92 Å². The predicted molar refractivity (Wildman–Crippen MR) is 105 cm³/mol. The lowest BCUT2D eigenvalue weighted by molar-refractivity contribution is 0.306. The fourth-order valence-electron chi connectivity index (χ4n) is 3.13. The Balaban J connectivity index is 1.71. The second-order valence-corrected chi connectivity index (χ2v) is 7.73. The van der Waals surface area contributed by atoms with Gasteiger partial charge in [-0.15, -0.1) is 10.2 Å². The first-order chi connectivity index (χ1) is 12.4. The first-order valence-electron chi connectivity index (χ1n) is 8.87. The van der Waals surface area contributed by atoms with Crippen LogP contribution in [0.25, 0.3) is 17.5 Å². The maximum atomic E-state index is 4.61. The molecule has 1 aromatic heterocycles. The van der Waals surface area contributed by atoms with Gasteiger partial charge in [0.1, 0.15) is 0 Å². The third-order valence-corrected chi connectivity index (χ3v) is 4.54. The fourth-order valence-corrected chi connectivity index (χ4v) is 3.13. The lowest BCUT2D eigenvalue weighted by Crippen LogP contribution is -2.24. The Morgan fingerprint density at radius 3 is 2.65 bits per heavy atom. The molecule has 0 spiro atoms. The van der Waals surface area contributed by atoms with Gasteiger partial charge in [-0.1, -0.05) is 48.0 Å². The predicted octanol–water partition coefficient (Wildman–Crippen LogP) is 4.58. The Bertz CT molecular complexity index is 978. The lowest BCUT2D eigenvalue weighted by Gasteiger charge is -2.24. The average molecular weight is 345 g/mol. The Kier molecular flexibility index (Phi) is 3.87. The second kappa shape index (κ2) is 6.09. The van der Waals surface area contributed by atoms with E-state index in [1.165, 1.54) is 11.1 Å². The standard InChI is InChI=1S/C21H23N5/c1-14-9-11-18-15(13-14)10-12-19(22-18)16-7-5-6-8-17(16)20-23-25-26(24-20)21(2,3)4/h5-13,19,22H,1-4H3. The summed E-state index contributed by atoms with van der Waals surface area (Å²) in [6, 6.07) is 14.8. The van der Waals surface area contributed by atoms with Crippen molar-refractivity contribution in [1.29, 1.82) is 0 Å². The highest BCUT2D eigenvalue weighted by molar-refractivity contribution is 5.74. The summed E-state index contributed by atoms with van der Waals surface area (Å²) in [6.45, 7) is 8.30. The summed E-state index contributed by atoms with van der Waals surface area (Å²) in [6.07, 6.45) is 4.37. The van der Waals surface area contributed by atoms with Crippen molar-refractivity contribution < 1.29 is 0 Å². The van der Waals surface area contributed by atoms with E-state index in [0.29, 0.717) is 5.82 Å². The van der Waals surface area contributed by atoms with Crippen molar-refractivity contribution in [2.75, 3.05) is 5.32 Å². The zero-order valence-corrected chi connectivity index (χ0v) is 15.6. The van der Waals surface area contributed by atoms with Gasteiger partial charge < -0.3 is 5.32 Å². The molecule has 5 heteroatoms. The monoisotopic (exact) mass is 345 g/mol. The third-order valence-electron chi connectivity index (χ3n) is 4.54. The molecule has 0 fully saturated rings. The number of nitrogens with zero attached hydrogens (tertiary/aromatic N) is 4. The lowest BCUT2D eigenvalue weighted by atomic mass is 9.95. The Hall–Kier alpha value is -2.95. The van der Waals surface area contributed by atoms with Crippen molar-refractivity contribution in [3.63, 3.8) is 0 Å².